The lowest BCUT2D eigenvalue weighted by molar-refractivity contribution is -0.0509. The van der Waals surface area contributed by atoms with Crippen molar-refractivity contribution in [2.24, 2.45) is 0 Å². The van der Waals surface area contributed by atoms with Crippen molar-refractivity contribution in [2.45, 2.75) is 57.3 Å². The van der Waals surface area contributed by atoms with E-state index in [0.717, 1.165) is 6.07 Å². The molecule has 158 valence electrons. The molecule has 10 heteroatoms. The van der Waals surface area contributed by atoms with Crippen LogP contribution in [0.5, 0.6) is 0 Å². The van der Waals surface area contributed by atoms with E-state index in [2.05, 4.69) is 10.4 Å². The van der Waals surface area contributed by atoms with Crippen molar-refractivity contribution in [1.29, 1.82) is 5.26 Å². The molecule has 7 nitrogen and oxygen atoms in total. The minimum atomic E-state index is -3.25. The van der Waals surface area contributed by atoms with E-state index in [9.17, 15) is 23.1 Å². The van der Waals surface area contributed by atoms with Gasteiger partial charge in [-0.3, -0.25) is 4.68 Å². The molecule has 0 fully saturated rings. The number of aromatic nitrogens is 2. The molecule has 1 aromatic heterocycles. The van der Waals surface area contributed by atoms with Gasteiger partial charge in [0.1, 0.15) is 17.6 Å². The Morgan fingerprint density at radius 1 is 1.43 bits per heavy atom. The summed E-state index contributed by atoms with van der Waals surface area (Å²) < 4.78 is 44.4. The van der Waals surface area contributed by atoms with E-state index in [1.54, 1.807) is 13.0 Å². The molecule has 2 amide bonds. The van der Waals surface area contributed by atoms with Crippen molar-refractivity contribution in [3.8, 4) is 6.07 Å². The van der Waals surface area contributed by atoms with Crippen molar-refractivity contribution in [1.82, 2.24) is 14.7 Å². The van der Waals surface area contributed by atoms with Gasteiger partial charge in [-0.05, 0) is 31.5 Å². The van der Waals surface area contributed by atoms with E-state index in [1.165, 1.54) is 21.7 Å². The summed E-state index contributed by atoms with van der Waals surface area (Å²) in [5, 5.41) is 25.7. The highest BCUT2D eigenvalue weighted by Gasteiger charge is 2.45. The Kier molecular flexibility index (Phi) is 4.94. The summed E-state index contributed by atoms with van der Waals surface area (Å²) in [7, 11) is 0. The largest absolute Gasteiger partial charge is 0.393 e. The first-order chi connectivity index (χ1) is 14.2. The highest BCUT2D eigenvalue weighted by molar-refractivity contribution is 5.90. The summed E-state index contributed by atoms with van der Waals surface area (Å²) in [5.41, 5.74) is 0.623. The van der Waals surface area contributed by atoms with Gasteiger partial charge in [0.2, 0.25) is 0 Å². The smallest absolute Gasteiger partial charge is 0.322 e. The number of nitriles is 1. The van der Waals surface area contributed by atoms with Gasteiger partial charge in [-0.25, -0.2) is 9.18 Å². The molecular formula is C20H20F3N5O2. The summed E-state index contributed by atoms with van der Waals surface area (Å²) in [5.74, 6) is -3.95. The number of carbonyl (C=O) groups is 1. The molecule has 2 aliphatic heterocycles. The van der Waals surface area contributed by atoms with E-state index in [0.29, 0.717) is 17.7 Å². The molecule has 0 spiro atoms. The minimum absolute atomic E-state index is 0.0599. The molecule has 1 unspecified atom stereocenters. The Balaban J connectivity index is 1.61. The van der Waals surface area contributed by atoms with E-state index in [-0.39, 0.29) is 42.5 Å². The number of alkyl halides is 2. The second-order valence-corrected chi connectivity index (χ2v) is 7.77. The zero-order chi connectivity index (χ0) is 21.6. The second kappa shape index (κ2) is 7.32. The molecule has 0 saturated carbocycles. The second-order valence-electron chi connectivity index (χ2n) is 7.77. The number of aliphatic hydroxyl groups is 1. The number of amides is 2. The predicted molar refractivity (Wildman–Crippen MR) is 100 cm³/mol. The molecule has 2 N–H and O–H groups in total. The molecule has 0 bridgehead atoms. The van der Waals surface area contributed by atoms with Crippen LogP contribution in [-0.4, -0.2) is 38.0 Å². The summed E-state index contributed by atoms with van der Waals surface area (Å²) in [6.45, 7) is 1.92. The first kappa shape index (κ1) is 20.2. The Hall–Kier alpha value is -3.06. The predicted octanol–water partition coefficient (Wildman–Crippen LogP) is 3.12. The van der Waals surface area contributed by atoms with Gasteiger partial charge in [-0.2, -0.15) is 19.1 Å². The van der Waals surface area contributed by atoms with E-state index in [4.69, 9.17) is 5.26 Å². The molecule has 0 radical (unpaired) electrons. The lowest BCUT2D eigenvalue weighted by Gasteiger charge is -2.33. The number of aryl methyl sites for hydroxylation is 1. The highest BCUT2D eigenvalue weighted by atomic mass is 19.3. The van der Waals surface area contributed by atoms with Crippen LogP contribution >= 0.6 is 0 Å². The van der Waals surface area contributed by atoms with Crippen molar-refractivity contribution in [3.05, 3.63) is 46.5 Å². The fraction of sp³-hybridized carbons (Fsp3) is 0.450. The summed E-state index contributed by atoms with van der Waals surface area (Å²) in [6.07, 6.45) is -1.30. The molecular weight excluding hydrogens is 399 g/mol. The molecule has 4 rings (SSSR count). The Labute approximate surface area is 170 Å². The van der Waals surface area contributed by atoms with Crippen LogP contribution in [0.1, 0.15) is 42.3 Å². The summed E-state index contributed by atoms with van der Waals surface area (Å²) in [6, 6.07) is 4.49. The van der Waals surface area contributed by atoms with E-state index >= 15 is 0 Å². The number of hydrogen-bond donors (Lipinski definition) is 2. The fourth-order valence-corrected chi connectivity index (χ4v) is 4.09. The Morgan fingerprint density at radius 2 is 2.20 bits per heavy atom. The topological polar surface area (TPSA) is 94.2 Å². The lowest BCUT2D eigenvalue weighted by atomic mass is 9.96. The van der Waals surface area contributed by atoms with Crippen LogP contribution in [0.4, 0.5) is 23.7 Å². The molecule has 1 aromatic carbocycles. The van der Waals surface area contributed by atoms with Gasteiger partial charge in [0.25, 0.3) is 5.92 Å². The van der Waals surface area contributed by atoms with Gasteiger partial charge >= 0.3 is 6.03 Å². The number of fused-ring (bicyclic) bond motifs is 3. The van der Waals surface area contributed by atoms with Crippen molar-refractivity contribution < 1.29 is 23.1 Å². The first-order valence-electron chi connectivity index (χ1n) is 9.62. The Bertz CT molecular complexity index is 1050. The monoisotopic (exact) mass is 419 g/mol. The fourth-order valence-electron chi connectivity index (χ4n) is 4.09. The Morgan fingerprint density at radius 3 is 2.93 bits per heavy atom. The number of nitrogens with zero attached hydrogens (tertiary/aromatic N) is 4. The van der Waals surface area contributed by atoms with Crippen LogP contribution < -0.4 is 5.32 Å². The SMILES string of the molecule is C[C@@H]1Cc2nn3c(c2CN1C(=O)Nc1ccc(F)c(C#N)c1)C(F)(F)CC(O)CC3. The maximum Gasteiger partial charge on any atom is 0.322 e. The number of rotatable bonds is 1. The third-order valence-corrected chi connectivity index (χ3v) is 5.59. The van der Waals surface area contributed by atoms with Gasteiger partial charge in [-0.15, -0.1) is 0 Å². The number of anilines is 1. The molecule has 0 aliphatic carbocycles. The highest BCUT2D eigenvalue weighted by Crippen LogP contribution is 2.41. The third kappa shape index (κ3) is 3.50. The van der Waals surface area contributed by atoms with Crippen LogP contribution in [-0.2, 0) is 25.4 Å². The van der Waals surface area contributed by atoms with Gasteiger partial charge in [0.05, 0.1) is 23.9 Å². The van der Waals surface area contributed by atoms with Gasteiger partial charge in [-0.1, -0.05) is 0 Å². The first-order valence-corrected chi connectivity index (χ1v) is 9.62. The van der Waals surface area contributed by atoms with Gasteiger partial charge < -0.3 is 15.3 Å². The number of halogens is 3. The normalized spacial score (nSPS) is 22.5. The average Bonchev–Trinajstić information content (AvgIpc) is 2.99. The maximum absolute atomic E-state index is 14.8. The number of urea groups is 1. The lowest BCUT2D eigenvalue weighted by Crippen LogP contribution is -2.45. The third-order valence-electron chi connectivity index (χ3n) is 5.59. The molecule has 2 aromatic rings. The number of aliphatic hydroxyl groups excluding tert-OH is 1. The van der Waals surface area contributed by atoms with Gasteiger partial charge in [0.15, 0.2) is 0 Å². The molecule has 3 heterocycles. The zero-order valence-corrected chi connectivity index (χ0v) is 16.2. The maximum atomic E-state index is 14.8. The van der Waals surface area contributed by atoms with Crippen LogP contribution in [0.15, 0.2) is 18.2 Å². The van der Waals surface area contributed by atoms with Crippen LogP contribution in [0.3, 0.4) is 0 Å². The molecule has 2 aliphatic rings. The van der Waals surface area contributed by atoms with Crippen molar-refractivity contribution in [3.63, 3.8) is 0 Å². The van der Waals surface area contributed by atoms with Crippen molar-refractivity contribution in [2.75, 3.05) is 5.32 Å². The van der Waals surface area contributed by atoms with Crippen LogP contribution in [0.25, 0.3) is 0 Å². The number of carbonyl (C=O) groups excluding carboxylic acids is 1. The molecule has 30 heavy (non-hydrogen) atoms. The number of benzene rings is 1. The summed E-state index contributed by atoms with van der Waals surface area (Å²) >= 11 is 0. The number of nitrogens with one attached hydrogen (secondary N) is 1. The standard InChI is InChI=1S/C20H20F3N5O2/c1-11-6-17-15(18-20(22,23)8-14(29)4-5-28(18)26-17)10-27(11)19(30)25-13-2-3-16(21)12(7-13)9-24/h2-3,7,11,14,29H,4-6,8,10H2,1H3,(H,25,30)/t11-,14?/m1/s1. The van der Waals surface area contributed by atoms with E-state index < -0.39 is 30.3 Å². The van der Waals surface area contributed by atoms with Crippen LogP contribution in [0.2, 0.25) is 0 Å². The average molecular weight is 419 g/mol. The zero-order valence-electron chi connectivity index (χ0n) is 16.2. The molecule has 0 saturated heterocycles. The minimum Gasteiger partial charge on any atom is -0.393 e. The molecule has 2 atom stereocenters. The van der Waals surface area contributed by atoms with Crippen molar-refractivity contribution >= 4 is 11.7 Å². The number of hydrogen-bond acceptors (Lipinski definition) is 4. The quantitative estimate of drug-likeness (QED) is 0.743. The summed E-state index contributed by atoms with van der Waals surface area (Å²) in [4.78, 5) is 14.2. The van der Waals surface area contributed by atoms with E-state index in [1.807, 2.05) is 0 Å². The van der Waals surface area contributed by atoms with Crippen LogP contribution in [0, 0.1) is 17.1 Å². The van der Waals surface area contributed by atoms with Gasteiger partial charge in [0, 0.05) is 36.7 Å².